The summed E-state index contributed by atoms with van der Waals surface area (Å²) in [6, 6.07) is 10.1. The second-order valence-electron chi connectivity index (χ2n) is 5.47. The van der Waals surface area contributed by atoms with Crippen molar-refractivity contribution in [1.82, 2.24) is 0 Å². The Morgan fingerprint density at radius 3 is 2.37 bits per heavy atom. The van der Waals surface area contributed by atoms with Crippen molar-refractivity contribution in [2.45, 2.75) is 45.5 Å². The summed E-state index contributed by atoms with van der Waals surface area (Å²) in [5.74, 6) is -0.150. The number of rotatable bonds is 7. The van der Waals surface area contributed by atoms with Crippen LogP contribution in [0.2, 0.25) is 19.6 Å². The molecule has 0 aromatic heterocycles. The Morgan fingerprint density at radius 1 is 1.21 bits per heavy atom. The fraction of sp³-hybridized carbons (Fsp3) is 0.533. The molecular formula is C15H24O3Si. The van der Waals surface area contributed by atoms with Crippen molar-refractivity contribution in [3.8, 4) is 0 Å². The molecule has 1 unspecified atom stereocenters. The maximum absolute atomic E-state index is 11.5. The van der Waals surface area contributed by atoms with Crippen molar-refractivity contribution in [2.75, 3.05) is 6.61 Å². The minimum absolute atomic E-state index is 0.0164. The molecule has 1 atom stereocenters. The lowest BCUT2D eigenvalue weighted by Crippen LogP contribution is -2.28. The van der Waals surface area contributed by atoms with Gasteiger partial charge in [0.15, 0.2) is 8.32 Å². The van der Waals surface area contributed by atoms with Gasteiger partial charge in [-0.3, -0.25) is 4.79 Å². The number of esters is 1. The molecule has 0 N–H and O–H groups in total. The first-order chi connectivity index (χ1) is 8.92. The highest BCUT2D eigenvalue weighted by molar-refractivity contribution is 6.69. The molecule has 0 radical (unpaired) electrons. The minimum Gasteiger partial charge on any atom is -0.466 e. The van der Waals surface area contributed by atoms with Gasteiger partial charge < -0.3 is 9.16 Å². The van der Waals surface area contributed by atoms with Crippen LogP contribution < -0.4 is 0 Å². The van der Waals surface area contributed by atoms with Gasteiger partial charge in [0.05, 0.1) is 12.7 Å². The average Bonchev–Trinajstić information content (AvgIpc) is 2.34. The van der Waals surface area contributed by atoms with E-state index in [2.05, 4.69) is 31.8 Å². The Balaban J connectivity index is 2.68. The summed E-state index contributed by atoms with van der Waals surface area (Å²) in [7, 11) is -1.65. The van der Waals surface area contributed by atoms with Crippen LogP contribution in [0.25, 0.3) is 0 Å². The molecule has 19 heavy (non-hydrogen) atoms. The quantitative estimate of drug-likeness (QED) is 0.561. The van der Waals surface area contributed by atoms with Crippen molar-refractivity contribution in [1.29, 1.82) is 0 Å². The van der Waals surface area contributed by atoms with Crippen LogP contribution in [0.1, 0.15) is 31.4 Å². The van der Waals surface area contributed by atoms with Crippen LogP contribution in [0, 0.1) is 0 Å². The number of benzene rings is 1. The second-order valence-corrected chi connectivity index (χ2v) is 9.93. The highest BCUT2D eigenvalue weighted by Gasteiger charge is 2.23. The smallest absolute Gasteiger partial charge is 0.305 e. The van der Waals surface area contributed by atoms with Crippen molar-refractivity contribution < 1.29 is 14.0 Å². The van der Waals surface area contributed by atoms with Crippen LogP contribution in [0.3, 0.4) is 0 Å². The van der Waals surface area contributed by atoms with Crippen LogP contribution in [-0.2, 0) is 14.0 Å². The fourth-order valence-corrected chi connectivity index (χ4v) is 2.98. The molecule has 0 fully saturated rings. The first-order valence-corrected chi connectivity index (χ1v) is 10.2. The van der Waals surface area contributed by atoms with E-state index in [0.717, 1.165) is 5.56 Å². The van der Waals surface area contributed by atoms with Gasteiger partial charge in [0, 0.05) is 6.42 Å². The van der Waals surface area contributed by atoms with E-state index < -0.39 is 8.32 Å². The third-order valence-corrected chi connectivity index (χ3v) is 3.57. The summed E-state index contributed by atoms with van der Waals surface area (Å²) < 4.78 is 11.2. The molecule has 3 nitrogen and oxygen atoms in total. The largest absolute Gasteiger partial charge is 0.466 e. The highest BCUT2D eigenvalue weighted by atomic mass is 28.4. The number of carbonyl (C=O) groups excluding carboxylic acids is 1. The van der Waals surface area contributed by atoms with Crippen LogP contribution in [0.4, 0.5) is 0 Å². The number of ether oxygens (including phenoxy) is 1. The number of carbonyl (C=O) groups is 1. The van der Waals surface area contributed by atoms with E-state index in [9.17, 15) is 4.79 Å². The Morgan fingerprint density at radius 2 is 1.84 bits per heavy atom. The summed E-state index contributed by atoms with van der Waals surface area (Å²) in [5, 5.41) is 0. The Hall–Kier alpha value is -1.13. The molecule has 0 saturated carbocycles. The maximum Gasteiger partial charge on any atom is 0.305 e. The van der Waals surface area contributed by atoms with E-state index in [0.29, 0.717) is 19.4 Å². The monoisotopic (exact) mass is 280 g/mol. The van der Waals surface area contributed by atoms with Crippen LogP contribution in [-0.4, -0.2) is 20.9 Å². The van der Waals surface area contributed by atoms with Gasteiger partial charge in [0.1, 0.15) is 0 Å². The fourth-order valence-electron chi connectivity index (χ4n) is 1.87. The molecule has 0 aliphatic carbocycles. The van der Waals surface area contributed by atoms with Crippen LogP contribution >= 0.6 is 0 Å². The zero-order valence-corrected chi connectivity index (χ0v) is 13.3. The molecule has 106 valence electrons. The van der Waals surface area contributed by atoms with Gasteiger partial charge in [-0.25, -0.2) is 0 Å². The number of hydrogen-bond donors (Lipinski definition) is 0. The van der Waals surface area contributed by atoms with E-state index in [-0.39, 0.29) is 12.1 Å². The summed E-state index contributed by atoms with van der Waals surface area (Å²) in [6.45, 7) is 8.74. The van der Waals surface area contributed by atoms with Gasteiger partial charge in [-0.15, -0.1) is 0 Å². The van der Waals surface area contributed by atoms with Gasteiger partial charge in [-0.1, -0.05) is 30.3 Å². The lowest BCUT2D eigenvalue weighted by Gasteiger charge is -2.26. The van der Waals surface area contributed by atoms with Gasteiger partial charge in [-0.2, -0.15) is 0 Å². The molecule has 1 aromatic carbocycles. The average molecular weight is 280 g/mol. The summed E-state index contributed by atoms with van der Waals surface area (Å²) in [6.07, 6.45) is 1.06. The Kier molecular flexibility index (Phi) is 6.25. The van der Waals surface area contributed by atoms with E-state index in [1.54, 1.807) is 0 Å². The minimum atomic E-state index is -1.65. The molecule has 1 rings (SSSR count). The van der Waals surface area contributed by atoms with E-state index in [1.807, 2.05) is 25.1 Å². The van der Waals surface area contributed by atoms with Crippen LogP contribution in [0.5, 0.6) is 0 Å². The third-order valence-electron chi connectivity index (χ3n) is 2.58. The number of hydrogen-bond acceptors (Lipinski definition) is 3. The first kappa shape index (κ1) is 15.9. The molecule has 0 aliphatic heterocycles. The van der Waals surface area contributed by atoms with Crippen molar-refractivity contribution >= 4 is 14.3 Å². The summed E-state index contributed by atoms with van der Waals surface area (Å²) in [4.78, 5) is 11.5. The molecule has 0 spiro atoms. The predicted octanol–water partition coefficient (Wildman–Crippen LogP) is 3.92. The van der Waals surface area contributed by atoms with Crippen LogP contribution in [0.15, 0.2) is 30.3 Å². The molecular weight excluding hydrogens is 256 g/mol. The second kappa shape index (κ2) is 7.45. The van der Waals surface area contributed by atoms with E-state index in [1.165, 1.54) is 0 Å². The normalized spacial score (nSPS) is 13.1. The van der Waals surface area contributed by atoms with E-state index >= 15 is 0 Å². The molecule has 0 aliphatic rings. The van der Waals surface area contributed by atoms with Crippen molar-refractivity contribution in [3.05, 3.63) is 35.9 Å². The van der Waals surface area contributed by atoms with Crippen molar-refractivity contribution in [2.24, 2.45) is 0 Å². The Labute approximate surface area is 117 Å². The molecule has 0 heterocycles. The SMILES string of the molecule is CCOC(=O)CCC(O[Si](C)(C)C)c1ccccc1. The zero-order valence-electron chi connectivity index (χ0n) is 12.3. The topological polar surface area (TPSA) is 35.5 Å². The standard InChI is InChI=1S/C15H24O3Si/c1-5-17-15(16)12-11-14(18-19(2,3)4)13-9-7-6-8-10-13/h6-10,14H,5,11-12H2,1-4H3. The molecule has 1 aromatic rings. The van der Waals surface area contributed by atoms with Crippen molar-refractivity contribution in [3.63, 3.8) is 0 Å². The van der Waals surface area contributed by atoms with Gasteiger partial charge in [0.2, 0.25) is 0 Å². The lowest BCUT2D eigenvalue weighted by molar-refractivity contribution is -0.143. The van der Waals surface area contributed by atoms with Gasteiger partial charge in [0.25, 0.3) is 0 Å². The zero-order chi connectivity index (χ0) is 14.3. The Bertz CT molecular complexity index is 384. The van der Waals surface area contributed by atoms with E-state index in [4.69, 9.17) is 9.16 Å². The summed E-state index contributed by atoms with van der Waals surface area (Å²) >= 11 is 0. The molecule has 0 saturated heterocycles. The molecule has 4 heteroatoms. The maximum atomic E-state index is 11.5. The predicted molar refractivity (Wildman–Crippen MR) is 79.5 cm³/mol. The molecule has 0 amide bonds. The van der Waals surface area contributed by atoms with Gasteiger partial charge >= 0.3 is 5.97 Å². The van der Waals surface area contributed by atoms with Gasteiger partial charge in [-0.05, 0) is 38.5 Å². The molecule has 0 bridgehead atoms. The summed E-state index contributed by atoms with van der Waals surface area (Å²) in [5.41, 5.74) is 1.13. The third kappa shape index (κ3) is 6.54. The highest BCUT2D eigenvalue weighted by Crippen LogP contribution is 2.26. The lowest BCUT2D eigenvalue weighted by atomic mass is 10.1. The first-order valence-electron chi connectivity index (χ1n) is 6.81.